The van der Waals surface area contributed by atoms with Crippen LogP contribution >= 0.6 is 15.9 Å². The van der Waals surface area contributed by atoms with Gasteiger partial charge in [0.1, 0.15) is 0 Å². The zero-order valence-electron chi connectivity index (χ0n) is 25.3. The van der Waals surface area contributed by atoms with Crippen molar-refractivity contribution in [3.63, 3.8) is 0 Å². The van der Waals surface area contributed by atoms with E-state index in [1.165, 1.54) is 38.5 Å². The molecule has 3 aliphatic rings. The van der Waals surface area contributed by atoms with Gasteiger partial charge in [0.15, 0.2) is 0 Å². The van der Waals surface area contributed by atoms with E-state index in [9.17, 15) is 39.6 Å². The van der Waals surface area contributed by atoms with E-state index in [0.29, 0.717) is 51.7 Å². The first-order valence-electron chi connectivity index (χ1n) is 15.9. The summed E-state index contributed by atoms with van der Waals surface area (Å²) in [7, 11) is 0. The summed E-state index contributed by atoms with van der Waals surface area (Å²) in [6.45, 7) is 1.39. The average Bonchev–Trinajstić information content (AvgIpc) is 2.94. The fourth-order valence-corrected chi connectivity index (χ4v) is 8.15. The van der Waals surface area contributed by atoms with Crippen molar-refractivity contribution < 1.29 is 39.6 Å². The third-order valence-corrected chi connectivity index (χ3v) is 10.7. The Bertz CT molecular complexity index is 919. The second-order valence-electron chi connectivity index (χ2n) is 13.0. The minimum Gasteiger partial charge on any atom is -0.480 e. The summed E-state index contributed by atoms with van der Waals surface area (Å²) in [6, 6.07) is -0.219. The third-order valence-electron chi connectivity index (χ3n) is 9.77. The summed E-state index contributed by atoms with van der Waals surface area (Å²) >= 11 is 3.68. The van der Waals surface area contributed by atoms with Gasteiger partial charge in [0.05, 0.1) is 26.2 Å². The van der Waals surface area contributed by atoms with E-state index in [1.54, 1.807) is 14.7 Å². The highest BCUT2D eigenvalue weighted by molar-refractivity contribution is 9.09. The van der Waals surface area contributed by atoms with Crippen molar-refractivity contribution in [1.82, 2.24) is 19.6 Å². The fourth-order valence-electron chi connectivity index (χ4n) is 7.57. The van der Waals surface area contributed by atoms with Crippen LogP contribution in [0.2, 0.25) is 0 Å². The van der Waals surface area contributed by atoms with Crippen molar-refractivity contribution in [3.8, 4) is 0 Å². The number of hydrogen-bond acceptors (Lipinski definition) is 8. The molecule has 3 rings (SSSR count). The van der Waals surface area contributed by atoms with Crippen molar-refractivity contribution >= 4 is 39.8 Å². The van der Waals surface area contributed by atoms with Gasteiger partial charge in [0.25, 0.3) is 0 Å². The summed E-state index contributed by atoms with van der Waals surface area (Å²) in [5.41, 5.74) is 0. The number of alkyl halides is 1. The van der Waals surface area contributed by atoms with Crippen molar-refractivity contribution in [3.05, 3.63) is 0 Å². The monoisotopic (exact) mass is 674 g/mol. The molecular formula is C30H51BrN4O8. The van der Waals surface area contributed by atoms with Crippen molar-refractivity contribution in [2.75, 3.05) is 77.3 Å². The number of nitrogens with zero attached hydrogens (tertiary/aromatic N) is 4. The van der Waals surface area contributed by atoms with Crippen LogP contribution in [0.1, 0.15) is 57.8 Å². The van der Waals surface area contributed by atoms with Crippen molar-refractivity contribution in [2.45, 2.75) is 63.8 Å². The maximum absolute atomic E-state index is 12.0. The molecule has 43 heavy (non-hydrogen) atoms. The van der Waals surface area contributed by atoms with Gasteiger partial charge in [-0.25, -0.2) is 0 Å². The van der Waals surface area contributed by atoms with E-state index < -0.39 is 23.9 Å². The van der Waals surface area contributed by atoms with Crippen LogP contribution in [0.15, 0.2) is 0 Å². The second-order valence-corrected chi connectivity index (χ2v) is 13.6. The summed E-state index contributed by atoms with van der Waals surface area (Å²) in [4.78, 5) is 54.1. The van der Waals surface area contributed by atoms with Crippen LogP contribution < -0.4 is 0 Å². The smallest absolute Gasteiger partial charge is 0.317 e. The molecule has 0 radical (unpaired) electrons. The third kappa shape index (κ3) is 13.0. The molecule has 3 fully saturated rings. The van der Waals surface area contributed by atoms with Gasteiger partial charge in [-0.05, 0) is 55.8 Å². The number of halogens is 1. The standard InChI is InChI=1S/C30H51BrN4O8/c31-16-23-2-1-3-25(14-23)24-6-4-22(5-7-24)15-26-17-34(20-29(40)41)11-10-32(18-27(36)37)8-9-33(19-28(38)39)12-13-35(26)21-30(42)43/h22-26H,1-21H2,(H,36,37)(H,38,39)(H,40,41)(H,42,43). The molecule has 4 N–H and O–H groups in total. The minimum absolute atomic E-state index is 0.205. The number of carboxylic acids is 4. The first kappa shape index (κ1) is 35.7. The predicted molar refractivity (Wildman–Crippen MR) is 165 cm³/mol. The average molecular weight is 676 g/mol. The molecular weight excluding hydrogens is 624 g/mol. The highest BCUT2D eigenvalue weighted by atomic mass is 79.9. The van der Waals surface area contributed by atoms with E-state index in [2.05, 4.69) is 15.9 Å². The molecule has 246 valence electrons. The van der Waals surface area contributed by atoms with Crippen LogP contribution in [-0.2, 0) is 19.2 Å². The number of aliphatic carboxylic acids is 4. The first-order chi connectivity index (χ1) is 20.5. The Kier molecular flexibility index (Phi) is 15.1. The quantitative estimate of drug-likeness (QED) is 0.224. The SMILES string of the molecule is O=C(O)CN1CCN(CC(=O)O)CCN(CC(=O)O)C(CC2CCC(C3CCCC(CBr)C3)CC2)CN(CC(=O)O)CC1. The molecule has 2 aliphatic carbocycles. The maximum atomic E-state index is 12.0. The summed E-state index contributed by atoms with van der Waals surface area (Å²) in [5.74, 6) is -1.26. The van der Waals surface area contributed by atoms with E-state index >= 15 is 0 Å². The van der Waals surface area contributed by atoms with E-state index in [-0.39, 0.29) is 32.2 Å². The Morgan fingerprint density at radius 3 is 1.63 bits per heavy atom. The predicted octanol–water partition coefficient (Wildman–Crippen LogP) is 2.31. The molecule has 1 saturated heterocycles. The minimum atomic E-state index is -1.00. The van der Waals surface area contributed by atoms with Gasteiger partial charge in [0.2, 0.25) is 0 Å². The van der Waals surface area contributed by atoms with Gasteiger partial charge in [-0.3, -0.25) is 38.8 Å². The van der Waals surface area contributed by atoms with Crippen molar-refractivity contribution in [1.29, 1.82) is 0 Å². The maximum Gasteiger partial charge on any atom is 0.317 e. The summed E-state index contributed by atoms with van der Waals surface area (Å²) in [5, 5.41) is 39.5. The van der Waals surface area contributed by atoms with Crippen LogP contribution in [0.4, 0.5) is 0 Å². The van der Waals surface area contributed by atoms with E-state index in [0.717, 1.165) is 42.3 Å². The van der Waals surface area contributed by atoms with E-state index in [4.69, 9.17) is 0 Å². The molecule has 12 nitrogen and oxygen atoms in total. The van der Waals surface area contributed by atoms with Crippen LogP contribution in [0.3, 0.4) is 0 Å². The fraction of sp³-hybridized carbons (Fsp3) is 0.867. The number of hydrogen-bond donors (Lipinski definition) is 4. The van der Waals surface area contributed by atoms with Crippen LogP contribution in [0, 0.1) is 23.7 Å². The molecule has 3 atom stereocenters. The van der Waals surface area contributed by atoms with Gasteiger partial charge < -0.3 is 20.4 Å². The molecule has 1 aliphatic heterocycles. The lowest BCUT2D eigenvalue weighted by atomic mass is 9.68. The van der Waals surface area contributed by atoms with E-state index in [1.807, 2.05) is 4.90 Å². The Hall–Kier alpha value is -1.80. The first-order valence-corrected chi connectivity index (χ1v) is 17.0. The number of carbonyl (C=O) groups is 4. The molecule has 0 amide bonds. The highest BCUT2D eigenvalue weighted by Crippen LogP contribution is 2.43. The number of rotatable bonds is 12. The van der Waals surface area contributed by atoms with Gasteiger partial charge in [0, 0.05) is 57.2 Å². The Morgan fingerprint density at radius 2 is 1.09 bits per heavy atom. The highest BCUT2D eigenvalue weighted by Gasteiger charge is 2.34. The van der Waals surface area contributed by atoms with Gasteiger partial charge in [-0.1, -0.05) is 41.6 Å². The Morgan fingerprint density at radius 1 is 0.581 bits per heavy atom. The zero-order valence-corrected chi connectivity index (χ0v) is 26.9. The van der Waals surface area contributed by atoms with Crippen LogP contribution in [-0.4, -0.2) is 147 Å². The molecule has 13 heteroatoms. The van der Waals surface area contributed by atoms with Gasteiger partial charge in [-0.2, -0.15) is 0 Å². The van der Waals surface area contributed by atoms with Crippen LogP contribution in [0.25, 0.3) is 0 Å². The topological polar surface area (TPSA) is 162 Å². The lowest BCUT2D eigenvalue weighted by Crippen LogP contribution is -2.53. The molecule has 0 bridgehead atoms. The molecule has 2 saturated carbocycles. The second kappa shape index (κ2) is 18.2. The molecule has 0 aromatic rings. The molecule has 0 aromatic heterocycles. The van der Waals surface area contributed by atoms with Gasteiger partial charge in [-0.15, -0.1) is 0 Å². The Balaban J connectivity index is 1.77. The zero-order chi connectivity index (χ0) is 31.4. The molecule has 1 heterocycles. The lowest BCUT2D eigenvalue weighted by Gasteiger charge is -2.41. The summed E-state index contributed by atoms with van der Waals surface area (Å²) < 4.78 is 0. The van der Waals surface area contributed by atoms with Crippen molar-refractivity contribution in [2.24, 2.45) is 23.7 Å². The van der Waals surface area contributed by atoms with Gasteiger partial charge >= 0.3 is 23.9 Å². The summed E-state index contributed by atoms with van der Waals surface area (Å²) in [6.07, 6.45) is 10.5. The normalized spacial score (nSPS) is 29.7. The molecule has 0 aromatic carbocycles. The molecule has 3 unspecified atom stereocenters. The molecule has 0 spiro atoms. The number of carboxylic acid groups (broad SMARTS) is 4. The van der Waals surface area contributed by atoms with Crippen LogP contribution in [0.5, 0.6) is 0 Å². The lowest BCUT2D eigenvalue weighted by molar-refractivity contribution is -0.142. The largest absolute Gasteiger partial charge is 0.480 e. The Labute approximate surface area is 263 Å².